The number of hydrogen-bond acceptors (Lipinski definition) is 7. The van der Waals surface area contributed by atoms with Gasteiger partial charge in [-0.05, 0) is 59.1 Å². The Morgan fingerprint density at radius 1 is 1.06 bits per heavy atom. The number of carboxylic acids is 2. The van der Waals surface area contributed by atoms with Crippen LogP contribution in [0.3, 0.4) is 0 Å². The van der Waals surface area contributed by atoms with Crippen LogP contribution >= 0.6 is 0 Å². The lowest BCUT2D eigenvalue weighted by molar-refractivity contribution is -0.144. The molecule has 2 atom stereocenters. The largest absolute Gasteiger partial charge is 0.481 e. The maximum absolute atomic E-state index is 12.1. The lowest BCUT2D eigenvalue weighted by atomic mass is 9.95. The first kappa shape index (κ1) is 26.4. The lowest BCUT2D eigenvalue weighted by Crippen LogP contribution is -2.45. The van der Waals surface area contributed by atoms with Crippen LogP contribution in [0.2, 0.25) is 0 Å². The molecular formula is C20H29NO9S. The van der Waals surface area contributed by atoms with Crippen molar-refractivity contribution in [1.82, 2.24) is 5.32 Å². The van der Waals surface area contributed by atoms with Gasteiger partial charge < -0.3 is 20.3 Å². The van der Waals surface area contributed by atoms with Gasteiger partial charge in [0.25, 0.3) is 10.1 Å². The van der Waals surface area contributed by atoms with E-state index in [-0.39, 0.29) is 24.3 Å². The van der Waals surface area contributed by atoms with Crippen molar-refractivity contribution in [2.75, 3.05) is 6.61 Å². The van der Waals surface area contributed by atoms with E-state index in [0.717, 1.165) is 5.56 Å². The quantitative estimate of drug-likeness (QED) is 0.334. The Labute approximate surface area is 181 Å². The van der Waals surface area contributed by atoms with Crippen LogP contribution in [-0.2, 0) is 28.6 Å². The van der Waals surface area contributed by atoms with Gasteiger partial charge in [0.15, 0.2) is 0 Å². The molecule has 0 bridgehead atoms. The number of rotatable bonds is 11. The molecule has 11 heteroatoms. The summed E-state index contributed by atoms with van der Waals surface area (Å²) in [6, 6.07) is 4.59. The van der Waals surface area contributed by atoms with Crippen molar-refractivity contribution in [1.29, 1.82) is 0 Å². The molecule has 0 aliphatic rings. The summed E-state index contributed by atoms with van der Waals surface area (Å²) in [7, 11) is -3.98. The Morgan fingerprint density at radius 2 is 1.65 bits per heavy atom. The zero-order chi connectivity index (χ0) is 23.8. The fourth-order valence-electron chi connectivity index (χ4n) is 2.57. The number of aryl methyl sites for hydroxylation is 1. The summed E-state index contributed by atoms with van der Waals surface area (Å²) in [5, 5.41) is 20.8. The predicted molar refractivity (Wildman–Crippen MR) is 110 cm³/mol. The predicted octanol–water partition coefficient (Wildman–Crippen LogP) is 2.55. The van der Waals surface area contributed by atoms with Gasteiger partial charge in [0.1, 0.15) is 11.6 Å². The van der Waals surface area contributed by atoms with Crippen molar-refractivity contribution in [3.63, 3.8) is 0 Å². The molecule has 0 heterocycles. The number of alkyl carbamates (subject to hydrolysis) is 1. The fraction of sp³-hybridized carbons (Fsp3) is 0.550. The molecule has 1 aromatic rings. The maximum Gasteiger partial charge on any atom is 0.408 e. The molecular weight excluding hydrogens is 430 g/mol. The maximum atomic E-state index is 12.1. The first-order valence-electron chi connectivity index (χ1n) is 9.62. The minimum atomic E-state index is -3.98. The van der Waals surface area contributed by atoms with Crippen LogP contribution in [0, 0.1) is 12.8 Å². The highest BCUT2D eigenvalue weighted by molar-refractivity contribution is 7.86. The highest BCUT2D eigenvalue weighted by Crippen LogP contribution is 2.18. The molecule has 0 aromatic heterocycles. The number of carboxylic acid groups (broad SMARTS) is 2. The van der Waals surface area contributed by atoms with Gasteiger partial charge in [0, 0.05) is 0 Å². The number of amides is 1. The summed E-state index contributed by atoms with van der Waals surface area (Å²) < 4.78 is 34.2. The minimum Gasteiger partial charge on any atom is -0.481 e. The second kappa shape index (κ2) is 11.1. The molecule has 0 saturated carbocycles. The van der Waals surface area contributed by atoms with E-state index >= 15 is 0 Å². The van der Waals surface area contributed by atoms with Crippen LogP contribution in [0.4, 0.5) is 4.79 Å². The Kier molecular flexibility index (Phi) is 9.44. The Balaban J connectivity index is 2.64. The van der Waals surface area contributed by atoms with E-state index in [0.29, 0.717) is 0 Å². The average molecular weight is 460 g/mol. The number of carbonyl (C=O) groups is 3. The number of hydrogen-bond donors (Lipinski definition) is 3. The first-order chi connectivity index (χ1) is 14.2. The monoisotopic (exact) mass is 459 g/mol. The minimum absolute atomic E-state index is 0.0135. The van der Waals surface area contributed by atoms with Crippen LogP contribution in [0.1, 0.15) is 45.6 Å². The average Bonchev–Trinajstić information content (AvgIpc) is 2.61. The van der Waals surface area contributed by atoms with Gasteiger partial charge >= 0.3 is 18.0 Å². The Morgan fingerprint density at radius 3 is 2.13 bits per heavy atom. The van der Waals surface area contributed by atoms with E-state index in [4.69, 9.17) is 8.92 Å². The molecule has 3 N–H and O–H groups in total. The van der Waals surface area contributed by atoms with E-state index < -0.39 is 52.1 Å². The molecule has 0 spiro atoms. The topological polar surface area (TPSA) is 156 Å². The SMILES string of the molecule is Cc1ccc(S(=O)(=O)OCCC[C@@H](C[C@@H](NC(=O)OC(C)(C)C)C(=O)O)C(=O)O)cc1. The Bertz CT molecular complexity index is 873. The smallest absolute Gasteiger partial charge is 0.408 e. The molecule has 174 valence electrons. The molecule has 0 aliphatic heterocycles. The van der Waals surface area contributed by atoms with Gasteiger partial charge in [0.05, 0.1) is 17.4 Å². The van der Waals surface area contributed by atoms with E-state index in [9.17, 15) is 33.0 Å². The van der Waals surface area contributed by atoms with Crippen molar-refractivity contribution in [3.8, 4) is 0 Å². The molecule has 1 rings (SSSR count). The summed E-state index contributed by atoms with van der Waals surface area (Å²) in [4.78, 5) is 34.8. The van der Waals surface area contributed by atoms with Crippen LogP contribution in [0.25, 0.3) is 0 Å². The molecule has 1 aromatic carbocycles. The van der Waals surface area contributed by atoms with E-state index in [1.165, 1.54) is 12.1 Å². The molecule has 31 heavy (non-hydrogen) atoms. The van der Waals surface area contributed by atoms with Crippen molar-refractivity contribution in [2.45, 2.75) is 63.5 Å². The van der Waals surface area contributed by atoms with Crippen LogP contribution < -0.4 is 5.32 Å². The number of aliphatic carboxylic acids is 2. The summed E-state index contributed by atoms with van der Waals surface area (Å²) >= 11 is 0. The van der Waals surface area contributed by atoms with Gasteiger partial charge in [-0.25, -0.2) is 9.59 Å². The molecule has 10 nitrogen and oxygen atoms in total. The molecule has 0 aliphatic carbocycles. The van der Waals surface area contributed by atoms with Crippen LogP contribution in [-0.4, -0.2) is 54.9 Å². The lowest BCUT2D eigenvalue weighted by Gasteiger charge is -2.23. The normalized spacial score (nSPS) is 13.8. The highest BCUT2D eigenvalue weighted by Gasteiger charge is 2.30. The van der Waals surface area contributed by atoms with Gasteiger partial charge in [0.2, 0.25) is 0 Å². The zero-order valence-corrected chi connectivity index (χ0v) is 18.8. The Hall–Kier alpha value is -2.66. The summed E-state index contributed by atoms with van der Waals surface area (Å²) in [5.74, 6) is -3.81. The van der Waals surface area contributed by atoms with Gasteiger partial charge in [-0.2, -0.15) is 8.42 Å². The number of nitrogens with one attached hydrogen (secondary N) is 1. The highest BCUT2D eigenvalue weighted by atomic mass is 32.2. The molecule has 1 amide bonds. The molecule has 0 fully saturated rings. The number of benzene rings is 1. The van der Waals surface area contributed by atoms with Gasteiger partial charge in [-0.1, -0.05) is 17.7 Å². The number of carbonyl (C=O) groups excluding carboxylic acids is 1. The molecule has 0 saturated heterocycles. The fourth-order valence-corrected chi connectivity index (χ4v) is 3.51. The van der Waals surface area contributed by atoms with Crippen molar-refractivity contribution >= 4 is 28.1 Å². The second-order valence-corrected chi connectivity index (χ2v) is 9.65. The van der Waals surface area contributed by atoms with E-state index in [2.05, 4.69) is 5.32 Å². The van der Waals surface area contributed by atoms with E-state index in [1.54, 1.807) is 32.9 Å². The van der Waals surface area contributed by atoms with Gasteiger partial charge in [-0.3, -0.25) is 8.98 Å². The van der Waals surface area contributed by atoms with E-state index in [1.807, 2.05) is 6.92 Å². The summed E-state index contributed by atoms with van der Waals surface area (Å²) in [6.45, 7) is 6.36. The summed E-state index contributed by atoms with van der Waals surface area (Å²) in [6.07, 6.45) is -1.36. The third-order valence-electron chi connectivity index (χ3n) is 4.10. The van der Waals surface area contributed by atoms with Crippen LogP contribution in [0.5, 0.6) is 0 Å². The standard InChI is InChI=1S/C20H29NO9S/c1-13-7-9-15(10-8-13)31(27,28)29-11-5-6-14(17(22)23)12-16(18(24)25)21-19(26)30-20(2,3)4/h7-10,14,16H,5-6,11-12H2,1-4H3,(H,21,26)(H,22,23)(H,24,25)/t14-,16+/m0/s1. The molecule has 0 radical (unpaired) electrons. The summed E-state index contributed by atoms with van der Waals surface area (Å²) in [5.41, 5.74) is 0.0378. The zero-order valence-electron chi connectivity index (χ0n) is 18.0. The third kappa shape index (κ3) is 9.79. The second-order valence-electron chi connectivity index (χ2n) is 8.04. The van der Waals surface area contributed by atoms with Crippen molar-refractivity contribution in [3.05, 3.63) is 29.8 Å². The van der Waals surface area contributed by atoms with Gasteiger partial charge in [-0.15, -0.1) is 0 Å². The third-order valence-corrected chi connectivity index (χ3v) is 5.43. The van der Waals surface area contributed by atoms with Crippen molar-refractivity contribution in [2.24, 2.45) is 5.92 Å². The van der Waals surface area contributed by atoms with Crippen molar-refractivity contribution < 1.29 is 41.9 Å². The molecule has 0 unspecified atom stereocenters. The van der Waals surface area contributed by atoms with Crippen LogP contribution in [0.15, 0.2) is 29.2 Å². The first-order valence-corrected chi connectivity index (χ1v) is 11.0. The number of ether oxygens (including phenoxy) is 1.